The number of aryl methyl sites for hydroxylation is 4. The first-order valence-electron chi connectivity index (χ1n) is 20.1. The van der Waals surface area contributed by atoms with Gasteiger partial charge in [0.05, 0.1) is 0 Å². The summed E-state index contributed by atoms with van der Waals surface area (Å²) in [5.41, 5.74) is 16.3. The minimum absolute atomic E-state index is 0.0210. The molecule has 0 unspecified atom stereocenters. The van der Waals surface area contributed by atoms with Crippen molar-refractivity contribution in [2.24, 2.45) is 0 Å². The first kappa shape index (κ1) is 36.5. The molecular formula is C51H45N5OPt. The van der Waals surface area contributed by atoms with E-state index in [2.05, 4.69) is 183 Å². The second kappa shape index (κ2) is 14.2. The topological polar surface area (TPSA) is 49.3 Å². The third-order valence-electron chi connectivity index (χ3n) is 12.2. The number of nitrogens with zero attached hydrogens (tertiary/aromatic N) is 5. The van der Waals surface area contributed by atoms with Crippen LogP contribution in [0.2, 0.25) is 0 Å². The van der Waals surface area contributed by atoms with Gasteiger partial charge in [0.1, 0.15) is 0 Å². The summed E-state index contributed by atoms with van der Waals surface area (Å²) in [6.07, 6.45) is 11.9. The average Bonchev–Trinajstić information content (AvgIpc) is 3.75. The van der Waals surface area contributed by atoms with E-state index in [4.69, 9.17) is 14.7 Å². The predicted molar refractivity (Wildman–Crippen MR) is 231 cm³/mol. The number of benzene rings is 4. The summed E-state index contributed by atoms with van der Waals surface area (Å²) in [7, 11) is 0. The summed E-state index contributed by atoms with van der Waals surface area (Å²) >= 11 is 2.48. The quantitative estimate of drug-likeness (QED) is 0.173. The molecule has 7 heteroatoms. The van der Waals surface area contributed by atoms with E-state index in [0.717, 1.165) is 63.2 Å². The molecule has 2 aliphatic carbocycles. The van der Waals surface area contributed by atoms with E-state index < -0.39 is 0 Å². The molecule has 7 heterocycles. The number of hydrogen-bond acceptors (Lipinski definition) is 3. The van der Waals surface area contributed by atoms with Gasteiger partial charge in [-0.15, -0.1) is 0 Å². The van der Waals surface area contributed by atoms with Crippen LogP contribution in [0.1, 0.15) is 59.8 Å². The van der Waals surface area contributed by atoms with E-state index in [0.29, 0.717) is 5.75 Å². The molecule has 0 radical (unpaired) electrons. The van der Waals surface area contributed by atoms with Crippen LogP contribution >= 0.6 is 0 Å². The molecule has 0 saturated carbocycles. The maximum atomic E-state index is 6.70. The SMILES string of the molecule is Cc1c2ccc(c1C)CCc1ccc(c3cn(-c4cncc(Oc5ccc6c7cc(-c8ccccc8)ccc7n(-c7cc(C(C)(C)C)ccn7)c6c5)c4)[c](=[Pt])n13)CC2. The fourth-order valence-corrected chi connectivity index (χ4v) is 9.76. The Kier molecular flexibility index (Phi) is 8.94. The first-order valence-corrected chi connectivity index (χ1v) is 21.3. The van der Waals surface area contributed by atoms with Crippen LogP contribution in [0.25, 0.3) is 50.0 Å². The molecule has 58 heavy (non-hydrogen) atoms. The van der Waals surface area contributed by atoms with Crippen molar-refractivity contribution < 1.29 is 24.1 Å². The van der Waals surface area contributed by atoms with Gasteiger partial charge in [0.25, 0.3) is 0 Å². The summed E-state index contributed by atoms with van der Waals surface area (Å²) < 4.78 is 14.8. The Balaban J connectivity index is 1.05. The number of fused-ring (bicyclic) bond motifs is 3. The molecule has 0 atom stereocenters. The molecule has 2 aliphatic heterocycles. The summed E-state index contributed by atoms with van der Waals surface area (Å²) in [5, 5.41) is 2.31. The molecule has 0 saturated heterocycles. The van der Waals surface area contributed by atoms with Crippen molar-refractivity contribution in [3.05, 3.63) is 177 Å². The zero-order valence-corrected chi connectivity index (χ0v) is 35.8. The Bertz CT molecular complexity index is 3130. The van der Waals surface area contributed by atoms with Gasteiger partial charge in [0, 0.05) is 6.20 Å². The van der Waals surface area contributed by atoms with Gasteiger partial charge in [-0.3, -0.25) is 0 Å². The van der Waals surface area contributed by atoms with Crippen molar-refractivity contribution in [2.75, 3.05) is 0 Å². The zero-order chi connectivity index (χ0) is 39.7. The molecule has 0 N–H and O–H groups in total. The van der Waals surface area contributed by atoms with Gasteiger partial charge in [0.2, 0.25) is 0 Å². The first-order chi connectivity index (χ1) is 28.1. The predicted octanol–water partition coefficient (Wildman–Crippen LogP) is 12.0. The van der Waals surface area contributed by atoms with Crippen LogP contribution in [0, 0.1) is 17.7 Å². The Hall–Kier alpha value is -5.84. The van der Waals surface area contributed by atoms with Gasteiger partial charge in [-0.1, -0.05) is 57.2 Å². The third-order valence-corrected chi connectivity index (χ3v) is 13.2. The molecule has 5 aromatic heterocycles. The number of ether oxygens (including phenoxy) is 1. The van der Waals surface area contributed by atoms with Crippen molar-refractivity contribution >= 4 is 27.3 Å². The molecular weight excluding hydrogens is 894 g/mol. The molecule has 0 spiro atoms. The van der Waals surface area contributed by atoms with Crippen LogP contribution in [0.3, 0.4) is 0 Å². The Labute approximate surface area is 349 Å². The van der Waals surface area contributed by atoms with E-state index in [1.54, 1.807) is 6.20 Å². The number of imidazole rings is 1. The summed E-state index contributed by atoms with van der Waals surface area (Å²) in [6, 6.07) is 39.5. The maximum absolute atomic E-state index is 6.70. The van der Waals surface area contributed by atoms with Gasteiger partial charge in [-0.25, -0.2) is 0 Å². The molecule has 6 nitrogen and oxygen atoms in total. The van der Waals surface area contributed by atoms with Crippen molar-refractivity contribution in [1.29, 1.82) is 0 Å². The fourth-order valence-electron chi connectivity index (χ4n) is 8.72. The average molecular weight is 939 g/mol. The normalized spacial score (nSPS) is 13.1. The second-order valence-electron chi connectivity index (χ2n) is 16.7. The van der Waals surface area contributed by atoms with E-state index in [1.165, 1.54) is 61.1 Å². The second-order valence-corrected chi connectivity index (χ2v) is 17.7. The third kappa shape index (κ3) is 6.35. The van der Waals surface area contributed by atoms with E-state index in [-0.39, 0.29) is 5.41 Å². The van der Waals surface area contributed by atoms with Gasteiger partial charge in [0.15, 0.2) is 0 Å². The van der Waals surface area contributed by atoms with Gasteiger partial charge >= 0.3 is 260 Å². The van der Waals surface area contributed by atoms with Crippen LogP contribution in [0.15, 0.2) is 134 Å². The molecule has 9 aromatic rings. The number of pyridine rings is 3. The van der Waals surface area contributed by atoms with E-state index in [1.807, 2.05) is 12.4 Å². The molecule has 290 valence electrons. The molecule has 4 bridgehead atoms. The minimum atomic E-state index is -0.0210. The van der Waals surface area contributed by atoms with Crippen LogP contribution in [0.4, 0.5) is 0 Å². The summed E-state index contributed by atoms with van der Waals surface area (Å²) in [4.78, 5) is 9.63. The van der Waals surface area contributed by atoms with Gasteiger partial charge < -0.3 is 0 Å². The molecule has 13 rings (SSSR count). The molecule has 0 fully saturated rings. The molecule has 4 aliphatic rings. The van der Waals surface area contributed by atoms with Crippen molar-refractivity contribution in [2.45, 2.75) is 65.7 Å². The monoisotopic (exact) mass is 938 g/mol. The molecule has 0 amide bonds. The zero-order valence-electron chi connectivity index (χ0n) is 33.5. The Morgan fingerprint density at radius 3 is 2.19 bits per heavy atom. The van der Waals surface area contributed by atoms with E-state index in [9.17, 15) is 0 Å². The summed E-state index contributed by atoms with van der Waals surface area (Å²) in [5.74, 6) is 2.30. The van der Waals surface area contributed by atoms with Crippen LogP contribution in [-0.2, 0) is 50.5 Å². The van der Waals surface area contributed by atoms with Crippen LogP contribution < -0.4 is 4.74 Å². The van der Waals surface area contributed by atoms with Gasteiger partial charge in [-0.05, 0) is 28.2 Å². The number of aromatic nitrogens is 5. The van der Waals surface area contributed by atoms with E-state index >= 15 is 0 Å². The Morgan fingerprint density at radius 1 is 0.638 bits per heavy atom. The van der Waals surface area contributed by atoms with Crippen LogP contribution in [0.5, 0.6) is 11.5 Å². The van der Waals surface area contributed by atoms with Gasteiger partial charge in [-0.2, -0.15) is 0 Å². The number of hydrogen-bond donors (Lipinski definition) is 0. The van der Waals surface area contributed by atoms with Crippen molar-refractivity contribution in [1.82, 2.24) is 23.5 Å². The number of rotatable bonds is 5. The van der Waals surface area contributed by atoms with Crippen molar-refractivity contribution in [3.63, 3.8) is 0 Å². The fraction of sp³-hybridized carbons (Fsp3) is 0.196. The standard InChI is InChI=1S/C51H45N5O.Pt/c1-33-34(2)36-12-11-35(33)13-14-38-16-19-41(18-15-36)55-32-54(31-49(38)55)42-27-44(30-52-29-42)57-43-20-21-45-46-25-39(37-9-7-6-8-10-37)17-22-47(46)56(48(45)28-43)50-26-40(23-24-53-50)51(3,4)5;/h6-12,16-17,19-31H,13-15,18H2,1-5H3;. The molecule has 4 aromatic carbocycles. The van der Waals surface area contributed by atoms with Crippen molar-refractivity contribution in [3.8, 4) is 34.1 Å². The Morgan fingerprint density at radius 2 is 1.40 bits per heavy atom. The van der Waals surface area contributed by atoms with Crippen LogP contribution in [-0.4, -0.2) is 23.5 Å². The summed E-state index contributed by atoms with van der Waals surface area (Å²) in [6.45, 7) is 11.3.